The van der Waals surface area contributed by atoms with E-state index in [1.165, 1.54) is 17.0 Å². The Bertz CT molecular complexity index is 528. The van der Waals surface area contributed by atoms with Gasteiger partial charge in [0.1, 0.15) is 6.54 Å². The number of benzene rings is 1. The molecule has 0 bridgehead atoms. The van der Waals surface area contributed by atoms with E-state index in [-0.39, 0.29) is 11.6 Å². The minimum atomic E-state index is -1.10. The number of carbonyl (C=O) groups excluding carboxylic acids is 2. The van der Waals surface area contributed by atoms with Gasteiger partial charge in [-0.25, -0.2) is 4.79 Å². The van der Waals surface area contributed by atoms with Gasteiger partial charge in [-0.15, -0.1) is 0 Å². The molecule has 108 valence electrons. The molecule has 0 aliphatic heterocycles. The van der Waals surface area contributed by atoms with Gasteiger partial charge in [0.2, 0.25) is 5.91 Å². The zero-order valence-electron chi connectivity index (χ0n) is 11.3. The molecular formula is C13H17N3O4. The second-order valence-corrected chi connectivity index (χ2v) is 4.49. The SMILES string of the molecule is CC(C)N(CC(=O)O)C(=O)Nc1cccc(C(N)=O)c1. The number of nitrogens with zero attached hydrogens (tertiary/aromatic N) is 1. The summed E-state index contributed by atoms with van der Waals surface area (Å²) < 4.78 is 0. The predicted molar refractivity (Wildman–Crippen MR) is 73.5 cm³/mol. The standard InChI is InChI=1S/C13H17N3O4/c1-8(2)16(7-11(17)18)13(20)15-10-5-3-4-9(6-10)12(14)19/h3-6,8H,7H2,1-2H3,(H2,14,19)(H,15,20)(H,17,18). The van der Waals surface area contributed by atoms with Crippen molar-refractivity contribution in [2.75, 3.05) is 11.9 Å². The lowest BCUT2D eigenvalue weighted by atomic mass is 10.2. The molecule has 0 radical (unpaired) electrons. The number of hydrogen-bond donors (Lipinski definition) is 3. The molecule has 0 fully saturated rings. The average Bonchev–Trinajstić information content (AvgIpc) is 2.35. The number of carboxylic acid groups (broad SMARTS) is 1. The van der Waals surface area contributed by atoms with Crippen molar-refractivity contribution >= 4 is 23.6 Å². The summed E-state index contributed by atoms with van der Waals surface area (Å²) in [5, 5.41) is 11.3. The molecule has 1 aromatic carbocycles. The number of rotatable bonds is 5. The highest BCUT2D eigenvalue weighted by atomic mass is 16.4. The maximum absolute atomic E-state index is 12.0. The molecule has 1 rings (SSSR count). The van der Waals surface area contributed by atoms with Crippen LogP contribution >= 0.6 is 0 Å². The van der Waals surface area contributed by atoms with Crippen molar-refractivity contribution < 1.29 is 19.5 Å². The van der Waals surface area contributed by atoms with Crippen molar-refractivity contribution in [1.82, 2.24) is 4.90 Å². The minimum absolute atomic E-state index is 0.261. The second-order valence-electron chi connectivity index (χ2n) is 4.49. The highest BCUT2D eigenvalue weighted by Gasteiger charge is 2.19. The summed E-state index contributed by atoms with van der Waals surface area (Å²) >= 11 is 0. The molecule has 7 nitrogen and oxygen atoms in total. The lowest BCUT2D eigenvalue weighted by Gasteiger charge is -2.25. The third-order valence-electron chi connectivity index (χ3n) is 2.59. The lowest BCUT2D eigenvalue weighted by molar-refractivity contribution is -0.137. The van der Waals surface area contributed by atoms with Crippen LogP contribution in [0.2, 0.25) is 0 Å². The summed E-state index contributed by atoms with van der Waals surface area (Å²) in [7, 11) is 0. The van der Waals surface area contributed by atoms with Crippen molar-refractivity contribution in [3.8, 4) is 0 Å². The van der Waals surface area contributed by atoms with Crippen molar-refractivity contribution in [3.05, 3.63) is 29.8 Å². The Morgan fingerprint density at radius 1 is 1.35 bits per heavy atom. The Kier molecular flexibility index (Phi) is 5.08. The molecule has 20 heavy (non-hydrogen) atoms. The van der Waals surface area contributed by atoms with Crippen LogP contribution < -0.4 is 11.1 Å². The number of primary amides is 1. The van der Waals surface area contributed by atoms with Crippen molar-refractivity contribution in [1.29, 1.82) is 0 Å². The first kappa shape index (κ1) is 15.5. The number of aliphatic carboxylic acids is 1. The first-order chi connectivity index (χ1) is 9.31. The lowest BCUT2D eigenvalue weighted by Crippen LogP contribution is -2.43. The van der Waals surface area contributed by atoms with Crippen LogP contribution in [-0.2, 0) is 4.79 Å². The Morgan fingerprint density at radius 2 is 2.00 bits per heavy atom. The van der Waals surface area contributed by atoms with Gasteiger partial charge in [0.25, 0.3) is 0 Å². The van der Waals surface area contributed by atoms with E-state index in [0.717, 1.165) is 0 Å². The molecule has 3 amide bonds. The van der Waals surface area contributed by atoms with Crippen molar-refractivity contribution in [2.24, 2.45) is 5.73 Å². The molecule has 7 heteroatoms. The van der Waals surface area contributed by atoms with Crippen molar-refractivity contribution in [3.63, 3.8) is 0 Å². The molecule has 0 saturated heterocycles. The zero-order valence-corrected chi connectivity index (χ0v) is 11.3. The fourth-order valence-electron chi connectivity index (χ4n) is 1.58. The van der Waals surface area contributed by atoms with Gasteiger partial charge in [0, 0.05) is 17.3 Å². The van der Waals surface area contributed by atoms with Gasteiger partial charge in [-0.2, -0.15) is 0 Å². The highest BCUT2D eigenvalue weighted by Crippen LogP contribution is 2.12. The van der Waals surface area contributed by atoms with Crippen LogP contribution in [-0.4, -0.2) is 40.5 Å². The number of nitrogens with two attached hydrogens (primary N) is 1. The van der Waals surface area contributed by atoms with E-state index in [0.29, 0.717) is 5.69 Å². The molecule has 0 aliphatic rings. The number of carbonyl (C=O) groups is 3. The molecule has 1 aromatic rings. The van der Waals surface area contributed by atoms with Gasteiger partial charge in [0.15, 0.2) is 0 Å². The molecule has 0 heterocycles. The fourth-order valence-corrected chi connectivity index (χ4v) is 1.58. The van der Waals surface area contributed by atoms with E-state index < -0.39 is 24.5 Å². The Hall–Kier alpha value is -2.57. The summed E-state index contributed by atoms with van der Waals surface area (Å²) in [4.78, 5) is 35.0. The van der Waals surface area contributed by atoms with Crippen molar-refractivity contribution in [2.45, 2.75) is 19.9 Å². The van der Waals surface area contributed by atoms with Crippen LogP contribution in [0, 0.1) is 0 Å². The van der Waals surface area contributed by atoms with Crippen LogP contribution in [0.15, 0.2) is 24.3 Å². The third-order valence-corrected chi connectivity index (χ3v) is 2.59. The molecule has 0 unspecified atom stereocenters. The van der Waals surface area contributed by atoms with E-state index in [1.54, 1.807) is 26.0 Å². The normalized spacial score (nSPS) is 10.2. The van der Waals surface area contributed by atoms with Gasteiger partial charge in [-0.05, 0) is 32.0 Å². The third kappa shape index (κ3) is 4.27. The van der Waals surface area contributed by atoms with E-state index in [9.17, 15) is 14.4 Å². The number of hydrogen-bond acceptors (Lipinski definition) is 3. The van der Waals surface area contributed by atoms with E-state index >= 15 is 0 Å². The van der Waals surface area contributed by atoms with Gasteiger partial charge >= 0.3 is 12.0 Å². The summed E-state index contributed by atoms with van der Waals surface area (Å²) in [6.07, 6.45) is 0. The largest absolute Gasteiger partial charge is 0.480 e. The maximum Gasteiger partial charge on any atom is 0.323 e. The summed E-state index contributed by atoms with van der Waals surface area (Å²) in [5.74, 6) is -1.70. The van der Waals surface area contributed by atoms with E-state index in [4.69, 9.17) is 10.8 Å². The Morgan fingerprint density at radius 3 is 2.50 bits per heavy atom. The molecule has 0 aliphatic carbocycles. The molecule has 0 atom stereocenters. The van der Waals surface area contributed by atoms with E-state index in [2.05, 4.69) is 5.32 Å². The Balaban J connectivity index is 2.85. The molecular weight excluding hydrogens is 262 g/mol. The van der Waals surface area contributed by atoms with Crippen LogP contribution in [0.3, 0.4) is 0 Å². The van der Waals surface area contributed by atoms with Crippen LogP contribution in [0.4, 0.5) is 10.5 Å². The summed E-state index contributed by atoms with van der Waals surface area (Å²) in [5.41, 5.74) is 5.79. The first-order valence-electron chi connectivity index (χ1n) is 6.00. The van der Waals surface area contributed by atoms with E-state index in [1.807, 2.05) is 0 Å². The monoisotopic (exact) mass is 279 g/mol. The average molecular weight is 279 g/mol. The maximum atomic E-state index is 12.0. The number of nitrogens with one attached hydrogen (secondary N) is 1. The molecule has 4 N–H and O–H groups in total. The topological polar surface area (TPSA) is 113 Å². The second kappa shape index (κ2) is 6.55. The quantitative estimate of drug-likeness (QED) is 0.749. The van der Waals surface area contributed by atoms with Crippen LogP contribution in [0.25, 0.3) is 0 Å². The minimum Gasteiger partial charge on any atom is -0.480 e. The van der Waals surface area contributed by atoms with Gasteiger partial charge < -0.3 is 21.1 Å². The summed E-state index contributed by atoms with van der Waals surface area (Å²) in [6, 6.07) is 5.29. The summed E-state index contributed by atoms with van der Waals surface area (Å²) in [6.45, 7) is 3.02. The molecule has 0 spiro atoms. The van der Waals surface area contributed by atoms with Gasteiger partial charge in [-0.1, -0.05) is 6.07 Å². The van der Waals surface area contributed by atoms with Crippen LogP contribution in [0.5, 0.6) is 0 Å². The number of anilines is 1. The van der Waals surface area contributed by atoms with Gasteiger partial charge in [0.05, 0.1) is 0 Å². The number of amides is 3. The zero-order chi connectivity index (χ0) is 15.3. The number of urea groups is 1. The van der Waals surface area contributed by atoms with Crippen LogP contribution in [0.1, 0.15) is 24.2 Å². The highest BCUT2D eigenvalue weighted by molar-refractivity contribution is 5.96. The number of carboxylic acids is 1. The Labute approximate surface area is 116 Å². The first-order valence-corrected chi connectivity index (χ1v) is 6.00. The fraction of sp³-hybridized carbons (Fsp3) is 0.308. The predicted octanol–water partition coefficient (Wildman–Crippen LogP) is 1.11. The van der Waals surface area contributed by atoms with Gasteiger partial charge in [-0.3, -0.25) is 9.59 Å². The molecule has 0 aromatic heterocycles. The smallest absolute Gasteiger partial charge is 0.323 e. The molecule has 0 saturated carbocycles.